The van der Waals surface area contributed by atoms with Crippen LogP contribution in [0.5, 0.6) is 5.75 Å². The van der Waals surface area contributed by atoms with Crippen LogP contribution in [0.4, 0.5) is 8.78 Å². The molecular formula is C21H20F2N2O3. The molecule has 2 aromatic carbocycles. The molecule has 0 atom stereocenters. The van der Waals surface area contributed by atoms with E-state index < -0.39 is 23.3 Å². The number of hydrogen-bond donors (Lipinski definition) is 2. The standard InChI is InChI=1S/C21H20F2N2O3/c1-11(2)24-18(27)10-15-12(3)25(16-7-8-17(26)20(23)19(15)16)21(28)13-5-4-6-14(22)9-13/h4-9,11,26H,10H2,1-3H3,(H,24,27). The van der Waals surface area contributed by atoms with Crippen LogP contribution in [-0.2, 0) is 11.2 Å². The van der Waals surface area contributed by atoms with Crippen molar-refractivity contribution < 1.29 is 23.5 Å². The molecule has 0 bridgehead atoms. The highest BCUT2D eigenvalue weighted by Gasteiger charge is 2.25. The van der Waals surface area contributed by atoms with E-state index in [-0.39, 0.29) is 34.8 Å². The summed E-state index contributed by atoms with van der Waals surface area (Å²) in [5, 5.41) is 12.5. The Hall–Kier alpha value is -3.22. The molecule has 0 aliphatic heterocycles. The number of benzene rings is 2. The molecular weight excluding hydrogens is 366 g/mol. The monoisotopic (exact) mass is 386 g/mol. The van der Waals surface area contributed by atoms with Crippen molar-refractivity contribution in [2.75, 3.05) is 0 Å². The maximum absolute atomic E-state index is 14.7. The lowest BCUT2D eigenvalue weighted by Gasteiger charge is -2.09. The summed E-state index contributed by atoms with van der Waals surface area (Å²) in [6, 6.07) is 7.62. The molecule has 0 spiro atoms. The molecule has 0 saturated carbocycles. The van der Waals surface area contributed by atoms with Crippen LogP contribution in [-0.4, -0.2) is 27.5 Å². The SMILES string of the molecule is Cc1c(CC(=O)NC(C)C)c2c(F)c(O)ccc2n1C(=O)c1cccc(F)c1. The fourth-order valence-electron chi connectivity index (χ4n) is 3.29. The lowest BCUT2D eigenvalue weighted by Crippen LogP contribution is -2.31. The molecule has 0 radical (unpaired) electrons. The smallest absolute Gasteiger partial charge is 0.262 e. The molecule has 2 N–H and O–H groups in total. The van der Waals surface area contributed by atoms with Crippen LogP contribution in [0, 0.1) is 18.6 Å². The first-order valence-corrected chi connectivity index (χ1v) is 8.81. The minimum Gasteiger partial charge on any atom is -0.505 e. The summed E-state index contributed by atoms with van der Waals surface area (Å²) in [5.74, 6) is -2.94. The maximum Gasteiger partial charge on any atom is 0.262 e. The molecule has 0 aliphatic rings. The molecule has 1 heterocycles. The number of aromatic nitrogens is 1. The second kappa shape index (κ2) is 7.42. The van der Waals surface area contributed by atoms with Crippen molar-refractivity contribution in [3.63, 3.8) is 0 Å². The Morgan fingerprint density at radius 3 is 2.54 bits per heavy atom. The fraction of sp³-hybridized carbons (Fsp3) is 0.238. The summed E-state index contributed by atoms with van der Waals surface area (Å²) in [7, 11) is 0. The highest BCUT2D eigenvalue weighted by Crippen LogP contribution is 2.33. The number of carbonyl (C=O) groups excluding carboxylic acids is 2. The van der Waals surface area contributed by atoms with E-state index in [0.29, 0.717) is 11.3 Å². The summed E-state index contributed by atoms with van der Waals surface area (Å²) < 4.78 is 29.5. The van der Waals surface area contributed by atoms with Gasteiger partial charge in [-0.2, -0.15) is 0 Å². The minimum atomic E-state index is -0.904. The molecule has 0 saturated heterocycles. The molecule has 1 amide bonds. The molecule has 0 unspecified atom stereocenters. The summed E-state index contributed by atoms with van der Waals surface area (Å²) in [5.41, 5.74) is 0.944. The number of fused-ring (bicyclic) bond motifs is 1. The first-order valence-electron chi connectivity index (χ1n) is 8.81. The topological polar surface area (TPSA) is 71.3 Å². The van der Waals surface area contributed by atoms with Gasteiger partial charge in [0.15, 0.2) is 11.6 Å². The highest BCUT2D eigenvalue weighted by molar-refractivity contribution is 6.05. The number of rotatable bonds is 4. The number of hydrogen-bond acceptors (Lipinski definition) is 3. The van der Waals surface area contributed by atoms with E-state index in [1.165, 1.54) is 28.8 Å². The molecule has 5 nitrogen and oxygen atoms in total. The lowest BCUT2D eigenvalue weighted by molar-refractivity contribution is -0.120. The van der Waals surface area contributed by atoms with E-state index >= 15 is 0 Å². The second-order valence-electron chi connectivity index (χ2n) is 6.91. The third-order valence-corrected chi connectivity index (χ3v) is 4.48. The van der Waals surface area contributed by atoms with Crippen molar-refractivity contribution in [1.82, 2.24) is 9.88 Å². The van der Waals surface area contributed by atoms with Gasteiger partial charge < -0.3 is 10.4 Å². The van der Waals surface area contributed by atoms with E-state index in [2.05, 4.69) is 5.32 Å². The molecule has 146 valence electrons. The van der Waals surface area contributed by atoms with E-state index in [9.17, 15) is 23.5 Å². The van der Waals surface area contributed by atoms with Crippen LogP contribution in [0.25, 0.3) is 10.9 Å². The normalized spacial score (nSPS) is 11.2. The first kappa shape index (κ1) is 19.5. The van der Waals surface area contributed by atoms with Gasteiger partial charge in [0.05, 0.1) is 11.9 Å². The van der Waals surface area contributed by atoms with Crippen molar-refractivity contribution in [3.05, 3.63) is 64.9 Å². The average molecular weight is 386 g/mol. The van der Waals surface area contributed by atoms with Gasteiger partial charge in [-0.1, -0.05) is 6.07 Å². The highest BCUT2D eigenvalue weighted by atomic mass is 19.1. The van der Waals surface area contributed by atoms with Crippen LogP contribution in [0.1, 0.15) is 35.5 Å². The Bertz CT molecular complexity index is 1090. The van der Waals surface area contributed by atoms with Gasteiger partial charge in [-0.15, -0.1) is 0 Å². The lowest BCUT2D eigenvalue weighted by atomic mass is 10.1. The zero-order valence-electron chi connectivity index (χ0n) is 15.7. The van der Waals surface area contributed by atoms with Crippen molar-refractivity contribution in [1.29, 1.82) is 0 Å². The van der Waals surface area contributed by atoms with Crippen molar-refractivity contribution in [3.8, 4) is 5.75 Å². The van der Waals surface area contributed by atoms with Gasteiger partial charge in [-0.25, -0.2) is 8.78 Å². The molecule has 3 rings (SSSR count). The predicted molar refractivity (Wildman–Crippen MR) is 101 cm³/mol. The van der Waals surface area contributed by atoms with E-state index in [1.54, 1.807) is 20.8 Å². The van der Waals surface area contributed by atoms with E-state index in [0.717, 1.165) is 12.1 Å². The summed E-state index contributed by atoms with van der Waals surface area (Å²) in [6.07, 6.45) is -0.162. The first-order chi connectivity index (χ1) is 13.2. The number of phenolic OH excluding ortho intramolecular Hbond substituents is 1. The van der Waals surface area contributed by atoms with Crippen molar-refractivity contribution >= 4 is 22.7 Å². The van der Waals surface area contributed by atoms with Crippen LogP contribution in [0.15, 0.2) is 36.4 Å². The van der Waals surface area contributed by atoms with Crippen molar-refractivity contribution in [2.45, 2.75) is 33.2 Å². The number of aromatic hydroxyl groups is 1. The number of phenols is 1. The van der Waals surface area contributed by atoms with Crippen LogP contribution < -0.4 is 5.32 Å². The average Bonchev–Trinajstić information content (AvgIpc) is 2.89. The van der Waals surface area contributed by atoms with Crippen LogP contribution >= 0.6 is 0 Å². The molecule has 28 heavy (non-hydrogen) atoms. The number of nitrogens with zero attached hydrogens (tertiary/aromatic N) is 1. The summed E-state index contributed by atoms with van der Waals surface area (Å²) in [4.78, 5) is 25.3. The Labute approximate surface area is 160 Å². The Balaban J connectivity index is 2.21. The summed E-state index contributed by atoms with van der Waals surface area (Å²) >= 11 is 0. The third kappa shape index (κ3) is 3.47. The molecule has 0 aliphatic carbocycles. The number of carbonyl (C=O) groups is 2. The van der Waals surface area contributed by atoms with Crippen LogP contribution in [0.2, 0.25) is 0 Å². The number of halogens is 2. The van der Waals surface area contributed by atoms with E-state index in [4.69, 9.17) is 0 Å². The molecule has 1 aromatic heterocycles. The van der Waals surface area contributed by atoms with Gasteiger partial charge in [0.25, 0.3) is 5.91 Å². The van der Waals surface area contributed by atoms with Gasteiger partial charge in [0.1, 0.15) is 5.82 Å². The van der Waals surface area contributed by atoms with Crippen molar-refractivity contribution in [2.24, 2.45) is 0 Å². The predicted octanol–water partition coefficient (Wildman–Crippen LogP) is 3.69. The zero-order valence-corrected chi connectivity index (χ0v) is 15.7. The van der Waals surface area contributed by atoms with Crippen LogP contribution in [0.3, 0.4) is 0 Å². The third-order valence-electron chi connectivity index (χ3n) is 4.48. The zero-order chi connectivity index (χ0) is 20.6. The van der Waals surface area contributed by atoms with Gasteiger partial charge in [0.2, 0.25) is 5.91 Å². The molecule has 7 heteroatoms. The minimum absolute atomic E-state index is 0.00107. The molecule has 0 fully saturated rings. The second-order valence-corrected chi connectivity index (χ2v) is 6.91. The largest absolute Gasteiger partial charge is 0.505 e. The van der Waals surface area contributed by atoms with Gasteiger partial charge in [-0.05, 0) is 56.7 Å². The summed E-state index contributed by atoms with van der Waals surface area (Å²) in [6.45, 7) is 5.19. The maximum atomic E-state index is 14.7. The Morgan fingerprint density at radius 1 is 1.18 bits per heavy atom. The van der Waals surface area contributed by atoms with E-state index in [1.807, 2.05) is 0 Å². The fourth-order valence-corrected chi connectivity index (χ4v) is 3.29. The number of nitrogens with one attached hydrogen (secondary N) is 1. The number of amides is 1. The van der Waals surface area contributed by atoms with Gasteiger partial charge in [-0.3, -0.25) is 14.2 Å². The van der Waals surface area contributed by atoms with Gasteiger partial charge >= 0.3 is 0 Å². The Kier molecular flexibility index (Phi) is 5.18. The Morgan fingerprint density at radius 2 is 1.89 bits per heavy atom. The molecule has 3 aromatic rings. The quantitative estimate of drug-likeness (QED) is 0.718. The van der Waals surface area contributed by atoms with Gasteiger partial charge in [0, 0.05) is 22.7 Å².